The highest BCUT2D eigenvalue weighted by atomic mass is 19.1. The van der Waals surface area contributed by atoms with E-state index in [1.807, 2.05) is 20.2 Å². The van der Waals surface area contributed by atoms with Crippen molar-refractivity contribution in [2.75, 3.05) is 37.8 Å². The van der Waals surface area contributed by atoms with Crippen LogP contribution in [0.2, 0.25) is 0 Å². The summed E-state index contributed by atoms with van der Waals surface area (Å²) in [5, 5.41) is 0. The van der Waals surface area contributed by atoms with Gasteiger partial charge in [0.05, 0.1) is 11.4 Å². The van der Waals surface area contributed by atoms with E-state index >= 15 is 0 Å². The van der Waals surface area contributed by atoms with Crippen molar-refractivity contribution in [1.82, 2.24) is 4.90 Å². The van der Waals surface area contributed by atoms with Gasteiger partial charge >= 0.3 is 0 Å². The number of halogens is 1. The van der Waals surface area contributed by atoms with Gasteiger partial charge < -0.3 is 15.5 Å². The van der Waals surface area contributed by atoms with Crippen molar-refractivity contribution in [3.8, 4) is 0 Å². The fourth-order valence-corrected chi connectivity index (χ4v) is 2.12. The molecule has 0 radical (unpaired) electrons. The molecule has 1 aromatic rings. The predicted molar refractivity (Wildman–Crippen MR) is 71.8 cm³/mol. The van der Waals surface area contributed by atoms with Crippen LogP contribution in [0.4, 0.5) is 15.8 Å². The van der Waals surface area contributed by atoms with Crippen molar-refractivity contribution in [2.45, 2.75) is 19.9 Å². The molecule has 1 rings (SSSR count). The molecule has 0 saturated heterocycles. The average Bonchev–Trinajstić information content (AvgIpc) is 2.24. The first-order chi connectivity index (χ1) is 7.97. The van der Waals surface area contributed by atoms with Gasteiger partial charge in [-0.25, -0.2) is 4.39 Å². The van der Waals surface area contributed by atoms with Crippen molar-refractivity contribution >= 4 is 11.4 Å². The lowest BCUT2D eigenvalue weighted by Crippen LogP contribution is -2.40. The molecule has 0 amide bonds. The third-order valence-corrected chi connectivity index (χ3v) is 2.84. The minimum absolute atomic E-state index is 0.236. The van der Waals surface area contributed by atoms with Crippen molar-refractivity contribution in [1.29, 1.82) is 0 Å². The van der Waals surface area contributed by atoms with E-state index < -0.39 is 0 Å². The van der Waals surface area contributed by atoms with E-state index in [2.05, 4.69) is 23.6 Å². The number of hydrogen-bond acceptors (Lipinski definition) is 3. The third kappa shape index (κ3) is 3.33. The normalized spacial score (nSPS) is 12.8. The molecule has 96 valence electrons. The molecule has 1 atom stereocenters. The summed E-state index contributed by atoms with van der Waals surface area (Å²) in [7, 11) is 4.05. The molecule has 4 heteroatoms. The average molecular weight is 239 g/mol. The van der Waals surface area contributed by atoms with Crippen molar-refractivity contribution in [3.05, 3.63) is 24.0 Å². The van der Waals surface area contributed by atoms with E-state index in [0.717, 1.165) is 18.8 Å². The zero-order valence-electron chi connectivity index (χ0n) is 11.1. The van der Waals surface area contributed by atoms with Gasteiger partial charge in [-0.3, -0.25) is 0 Å². The lowest BCUT2D eigenvalue weighted by Gasteiger charge is -2.32. The van der Waals surface area contributed by atoms with Crippen LogP contribution in [0.25, 0.3) is 0 Å². The third-order valence-electron chi connectivity index (χ3n) is 2.84. The number of nitrogens with zero attached hydrogens (tertiary/aromatic N) is 2. The summed E-state index contributed by atoms with van der Waals surface area (Å²) in [5.74, 6) is -0.349. The van der Waals surface area contributed by atoms with Gasteiger partial charge in [0.15, 0.2) is 0 Å². The van der Waals surface area contributed by atoms with Crippen LogP contribution in [0, 0.1) is 5.82 Å². The molecule has 0 aromatic heterocycles. The second-order valence-corrected chi connectivity index (χ2v) is 4.57. The Labute approximate surface area is 103 Å². The number of likely N-dealkylation sites (N-methyl/N-ethyl adjacent to an activating group) is 2. The first-order valence-corrected chi connectivity index (χ1v) is 5.92. The van der Waals surface area contributed by atoms with Gasteiger partial charge in [-0.1, -0.05) is 6.07 Å². The second kappa shape index (κ2) is 5.87. The highest BCUT2D eigenvalue weighted by Gasteiger charge is 2.17. The lowest BCUT2D eigenvalue weighted by molar-refractivity contribution is 0.373. The van der Waals surface area contributed by atoms with Crippen LogP contribution in [0.15, 0.2) is 18.2 Å². The van der Waals surface area contributed by atoms with Crippen LogP contribution in [0.1, 0.15) is 13.8 Å². The topological polar surface area (TPSA) is 32.5 Å². The summed E-state index contributed by atoms with van der Waals surface area (Å²) in [4.78, 5) is 4.24. The van der Waals surface area contributed by atoms with Crippen LogP contribution in [0.5, 0.6) is 0 Å². The molecule has 0 fully saturated rings. The van der Waals surface area contributed by atoms with E-state index in [1.165, 1.54) is 6.07 Å². The van der Waals surface area contributed by atoms with E-state index in [0.29, 0.717) is 6.04 Å². The van der Waals surface area contributed by atoms with Crippen LogP contribution < -0.4 is 10.6 Å². The monoisotopic (exact) mass is 239 g/mol. The van der Waals surface area contributed by atoms with E-state index in [4.69, 9.17) is 5.73 Å². The van der Waals surface area contributed by atoms with E-state index in [-0.39, 0.29) is 11.5 Å². The lowest BCUT2D eigenvalue weighted by atomic mass is 10.2. The van der Waals surface area contributed by atoms with Gasteiger partial charge in [-0.2, -0.15) is 0 Å². The molecule has 0 aliphatic carbocycles. The number of para-hydroxylation sites is 1. The molecule has 0 spiro atoms. The fourth-order valence-electron chi connectivity index (χ4n) is 2.12. The van der Waals surface area contributed by atoms with Crippen LogP contribution in [-0.4, -0.2) is 38.1 Å². The Morgan fingerprint density at radius 2 is 2.00 bits per heavy atom. The molecular weight excluding hydrogens is 217 g/mol. The maximum absolute atomic E-state index is 13.4. The number of hydrogen-bond donors (Lipinski definition) is 1. The minimum atomic E-state index is -0.349. The minimum Gasteiger partial charge on any atom is -0.395 e. The number of rotatable bonds is 5. The van der Waals surface area contributed by atoms with Crippen molar-refractivity contribution < 1.29 is 4.39 Å². The standard InChI is InChI=1S/C13H22FN3/c1-5-17(10(2)9-16(3)4)12-8-6-7-11(14)13(12)15/h6-8,10H,5,9,15H2,1-4H3. The number of nitrogens with two attached hydrogens (primary N) is 1. The second-order valence-electron chi connectivity index (χ2n) is 4.57. The summed E-state index contributed by atoms with van der Waals surface area (Å²) in [6.45, 7) is 5.89. The summed E-state index contributed by atoms with van der Waals surface area (Å²) in [6.07, 6.45) is 0. The maximum Gasteiger partial charge on any atom is 0.148 e. The van der Waals surface area contributed by atoms with Gasteiger partial charge in [-0.05, 0) is 40.1 Å². The Morgan fingerprint density at radius 1 is 1.35 bits per heavy atom. The van der Waals surface area contributed by atoms with Crippen molar-refractivity contribution in [3.63, 3.8) is 0 Å². The summed E-state index contributed by atoms with van der Waals surface area (Å²) in [5.41, 5.74) is 6.81. The van der Waals surface area contributed by atoms with Crippen LogP contribution in [0.3, 0.4) is 0 Å². The SMILES string of the molecule is CCN(c1cccc(F)c1N)C(C)CN(C)C. The molecule has 0 aliphatic rings. The number of nitrogen functional groups attached to an aromatic ring is 1. The quantitative estimate of drug-likeness (QED) is 0.799. The molecule has 2 N–H and O–H groups in total. The molecule has 1 aromatic carbocycles. The first kappa shape index (κ1) is 13.8. The molecule has 3 nitrogen and oxygen atoms in total. The fraction of sp³-hybridized carbons (Fsp3) is 0.538. The molecule has 0 saturated carbocycles. The molecule has 17 heavy (non-hydrogen) atoms. The Hall–Kier alpha value is -1.29. The first-order valence-electron chi connectivity index (χ1n) is 5.92. The Morgan fingerprint density at radius 3 is 2.53 bits per heavy atom. The highest BCUT2D eigenvalue weighted by molar-refractivity contribution is 5.68. The summed E-state index contributed by atoms with van der Waals surface area (Å²) < 4.78 is 13.4. The Balaban J connectivity index is 2.97. The van der Waals surface area contributed by atoms with Crippen LogP contribution in [-0.2, 0) is 0 Å². The Bertz CT molecular complexity index is 366. The zero-order chi connectivity index (χ0) is 13.0. The Kier molecular flexibility index (Phi) is 4.75. The molecule has 0 bridgehead atoms. The van der Waals surface area contributed by atoms with E-state index in [1.54, 1.807) is 6.07 Å². The van der Waals surface area contributed by atoms with Crippen LogP contribution >= 0.6 is 0 Å². The molecule has 1 unspecified atom stereocenters. The summed E-state index contributed by atoms with van der Waals surface area (Å²) >= 11 is 0. The number of benzene rings is 1. The molecule has 0 aliphatic heterocycles. The highest BCUT2D eigenvalue weighted by Crippen LogP contribution is 2.27. The summed E-state index contributed by atoms with van der Waals surface area (Å²) in [6, 6.07) is 5.25. The van der Waals surface area contributed by atoms with Gasteiger partial charge in [-0.15, -0.1) is 0 Å². The predicted octanol–water partition coefficient (Wildman–Crippen LogP) is 2.18. The van der Waals surface area contributed by atoms with Gasteiger partial charge in [0, 0.05) is 19.1 Å². The van der Waals surface area contributed by atoms with Gasteiger partial charge in [0.25, 0.3) is 0 Å². The zero-order valence-corrected chi connectivity index (χ0v) is 11.1. The maximum atomic E-state index is 13.4. The largest absolute Gasteiger partial charge is 0.395 e. The van der Waals surface area contributed by atoms with Crippen molar-refractivity contribution in [2.24, 2.45) is 0 Å². The van der Waals surface area contributed by atoms with E-state index in [9.17, 15) is 4.39 Å². The van der Waals surface area contributed by atoms with Gasteiger partial charge in [0.2, 0.25) is 0 Å². The van der Waals surface area contributed by atoms with Gasteiger partial charge in [0.1, 0.15) is 5.82 Å². The number of anilines is 2. The molecular formula is C13H22FN3. The molecule has 0 heterocycles. The smallest absolute Gasteiger partial charge is 0.148 e.